The molecule has 0 bridgehead atoms. The maximum Gasteiger partial charge on any atom is 0.137 e. The van der Waals surface area contributed by atoms with E-state index in [1.54, 1.807) is 18.4 Å². The molecule has 0 spiro atoms. The molecule has 0 atom stereocenters. The molecule has 1 aromatic carbocycles. The van der Waals surface area contributed by atoms with Gasteiger partial charge in [-0.2, -0.15) is 0 Å². The number of thiazole rings is 1. The van der Waals surface area contributed by atoms with Crippen LogP contribution in [0.1, 0.15) is 11.3 Å². The van der Waals surface area contributed by atoms with E-state index < -0.39 is 0 Å². The summed E-state index contributed by atoms with van der Waals surface area (Å²) in [6, 6.07) is 5.79. The van der Waals surface area contributed by atoms with Gasteiger partial charge in [-0.15, -0.1) is 11.3 Å². The van der Waals surface area contributed by atoms with Crippen LogP contribution in [0.25, 0.3) is 0 Å². The topological polar surface area (TPSA) is 34.1 Å². The van der Waals surface area contributed by atoms with E-state index in [9.17, 15) is 0 Å². The summed E-state index contributed by atoms with van der Waals surface area (Å²) in [5, 5.41) is 5.99. The van der Waals surface area contributed by atoms with Crippen LogP contribution in [0.5, 0.6) is 5.75 Å². The van der Waals surface area contributed by atoms with Crippen LogP contribution < -0.4 is 10.1 Å². The molecule has 5 heteroatoms. The molecule has 1 N–H and O–H groups in total. The smallest absolute Gasteiger partial charge is 0.137 e. The fourth-order valence-electron chi connectivity index (χ4n) is 1.48. The molecule has 90 valence electrons. The van der Waals surface area contributed by atoms with Crippen molar-refractivity contribution < 1.29 is 4.74 Å². The summed E-state index contributed by atoms with van der Waals surface area (Å²) in [6.45, 7) is 1.54. The molecule has 1 aromatic heterocycles. The zero-order valence-corrected chi connectivity index (χ0v) is 11.0. The van der Waals surface area contributed by atoms with E-state index in [1.165, 1.54) is 0 Å². The van der Waals surface area contributed by atoms with Crippen molar-refractivity contribution >= 4 is 22.9 Å². The number of ether oxygens (including phenoxy) is 1. The number of methoxy groups -OCH3 is 1. The molecule has 0 aliphatic rings. The van der Waals surface area contributed by atoms with Crippen molar-refractivity contribution in [1.82, 2.24) is 10.3 Å². The van der Waals surface area contributed by atoms with Gasteiger partial charge in [0.2, 0.25) is 0 Å². The third kappa shape index (κ3) is 3.43. The fraction of sp³-hybridized carbons (Fsp3) is 0.250. The Balaban J connectivity index is 1.89. The molecule has 0 fully saturated rings. The first kappa shape index (κ1) is 12.4. The van der Waals surface area contributed by atoms with Gasteiger partial charge in [-0.25, -0.2) is 4.98 Å². The van der Waals surface area contributed by atoms with Crippen molar-refractivity contribution in [2.45, 2.75) is 13.1 Å². The predicted octanol–water partition coefficient (Wildman–Crippen LogP) is 3.09. The van der Waals surface area contributed by atoms with Crippen LogP contribution in [-0.2, 0) is 13.1 Å². The lowest BCUT2D eigenvalue weighted by atomic mass is 10.2. The van der Waals surface area contributed by atoms with Crippen LogP contribution in [0.2, 0.25) is 5.02 Å². The Bertz CT molecular complexity index is 473. The molecular formula is C12H13ClN2OS. The summed E-state index contributed by atoms with van der Waals surface area (Å²) in [4.78, 5) is 4.20. The molecule has 0 radical (unpaired) electrons. The summed E-state index contributed by atoms with van der Waals surface area (Å²) >= 11 is 7.65. The van der Waals surface area contributed by atoms with Crippen molar-refractivity contribution in [3.8, 4) is 5.75 Å². The number of benzene rings is 1. The minimum atomic E-state index is 0.639. The average molecular weight is 269 g/mol. The average Bonchev–Trinajstić information content (AvgIpc) is 2.82. The Morgan fingerprint density at radius 1 is 1.41 bits per heavy atom. The molecule has 0 aliphatic carbocycles. The summed E-state index contributed by atoms with van der Waals surface area (Å²) in [5.74, 6) is 0.704. The Labute approximate surface area is 109 Å². The first-order valence-electron chi connectivity index (χ1n) is 5.20. The van der Waals surface area contributed by atoms with E-state index >= 15 is 0 Å². The first-order chi connectivity index (χ1) is 8.29. The Kier molecular flexibility index (Phi) is 4.36. The molecule has 0 unspecified atom stereocenters. The highest BCUT2D eigenvalue weighted by atomic mass is 35.5. The highest BCUT2D eigenvalue weighted by Crippen LogP contribution is 2.24. The molecule has 2 rings (SSSR count). The van der Waals surface area contributed by atoms with Crippen LogP contribution in [0.15, 0.2) is 29.1 Å². The van der Waals surface area contributed by atoms with Crippen molar-refractivity contribution in [3.05, 3.63) is 45.4 Å². The minimum absolute atomic E-state index is 0.639. The van der Waals surface area contributed by atoms with Crippen molar-refractivity contribution in [3.63, 3.8) is 0 Å². The second-order valence-electron chi connectivity index (χ2n) is 3.55. The zero-order chi connectivity index (χ0) is 12.1. The van der Waals surface area contributed by atoms with E-state index in [1.807, 2.05) is 29.1 Å². The molecule has 1 heterocycles. The molecule has 17 heavy (non-hydrogen) atoms. The number of nitrogens with one attached hydrogen (secondary N) is 1. The molecule has 2 aromatic rings. The van der Waals surface area contributed by atoms with Crippen molar-refractivity contribution in [2.24, 2.45) is 0 Å². The zero-order valence-electron chi connectivity index (χ0n) is 9.44. The van der Waals surface area contributed by atoms with E-state index in [-0.39, 0.29) is 0 Å². The molecule has 0 saturated carbocycles. The Morgan fingerprint density at radius 3 is 2.94 bits per heavy atom. The highest BCUT2D eigenvalue weighted by molar-refractivity contribution is 7.07. The van der Waals surface area contributed by atoms with Crippen LogP contribution in [0.4, 0.5) is 0 Å². The van der Waals surface area contributed by atoms with Crippen molar-refractivity contribution in [2.75, 3.05) is 7.11 Å². The van der Waals surface area contributed by atoms with Gasteiger partial charge in [0.25, 0.3) is 0 Å². The van der Waals surface area contributed by atoms with Gasteiger partial charge in [0.1, 0.15) is 5.75 Å². The van der Waals surface area contributed by atoms with Crippen LogP contribution >= 0.6 is 22.9 Å². The summed E-state index contributed by atoms with van der Waals surface area (Å²) in [5.41, 5.74) is 4.03. The lowest BCUT2D eigenvalue weighted by molar-refractivity contribution is 0.415. The van der Waals surface area contributed by atoms with E-state index in [0.29, 0.717) is 10.8 Å². The number of rotatable bonds is 5. The molecular weight excluding hydrogens is 256 g/mol. The van der Waals surface area contributed by atoms with Gasteiger partial charge in [-0.3, -0.25) is 0 Å². The van der Waals surface area contributed by atoms with Gasteiger partial charge >= 0.3 is 0 Å². The van der Waals surface area contributed by atoms with Gasteiger partial charge in [0, 0.05) is 18.5 Å². The lowest BCUT2D eigenvalue weighted by Crippen LogP contribution is -2.12. The SMILES string of the molecule is COc1ccc(CNCc2cscn2)cc1Cl. The first-order valence-corrected chi connectivity index (χ1v) is 6.52. The summed E-state index contributed by atoms with van der Waals surface area (Å²) in [6.07, 6.45) is 0. The quantitative estimate of drug-likeness (QED) is 0.905. The number of nitrogens with zero attached hydrogens (tertiary/aromatic N) is 1. The van der Waals surface area contributed by atoms with Crippen molar-refractivity contribution in [1.29, 1.82) is 0 Å². The van der Waals surface area contributed by atoms with E-state index in [0.717, 1.165) is 24.3 Å². The second kappa shape index (κ2) is 6.00. The number of halogens is 1. The van der Waals surface area contributed by atoms with Crippen LogP contribution in [0, 0.1) is 0 Å². The number of aromatic nitrogens is 1. The van der Waals surface area contributed by atoms with E-state index in [4.69, 9.17) is 16.3 Å². The third-order valence-electron chi connectivity index (χ3n) is 2.33. The Morgan fingerprint density at radius 2 is 2.29 bits per heavy atom. The normalized spacial score (nSPS) is 10.5. The maximum absolute atomic E-state index is 6.04. The predicted molar refractivity (Wildman–Crippen MR) is 70.7 cm³/mol. The summed E-state index contributed by atoms with van der Waals surface area (Å²) in [7, 11) is 1.61. The van der Waals surface area contributed by atoms with Gasteiger partial charge in [0.15, 0.2) is 0 Å². The minimum Gasteiger partial charge on any atom is -0.495 e. The van der Waals surface area contributed by atoms with E-state index in [2.05, 4.69) is 10.3 Å². The summed E-state index contributed by atoms with van der Waals surface area (Å²) < 4.78 is 5.10. The van der Waals surface area contributed by atoms with Crippen LogP contribution in [-0.4, -0.2) is 12.1 Å². The van der Waals surface area contributed by atoms with Gasteiger partial charge in [-0.1, -0.05) is 17.7 Å². The number of hydrogen-bond acceptors (Lipinski definition) is 4. The highest BCUT2D eigenvalue weighted by Gasteiger charge is 2.01. The fourth-order valence-corrected chi connectivity index (χ4v) is 2.32. The van der Waals surface area contributed by atoms with Gasteiger partial charge in [0.05, 0.1) is 23.3 Å². The monoisotopic (exact) mass is 268 g/mol. The largest absolute Gasteiger partial charge is 0.495 e. The molecule has 3 nitrogen and oxygen atoms in total. The van der Waals surface area contributed by atoms with Gasteiger partial charge in [-0.05, 0) is 17.7 Å². The third-order valence-corrected chi connectivity index (χ3v) is 3.27. The number of hydrogen-bond donors (Lipinski definition) is 1. The molecule has 0 aliphatic heterocycles. The molecule has 0 saturated heterocycles. The van der Waals surface area contributed by atoms with Gasteiger partial charge < -0.3 is 10.1 Å². The lowest BCUT2D eigenvalue weighted by Gasteiger charge is -2.06. The Hall–Kier alpha value is -1.10. The standard InChI is InChI=1S/C12H13ClN2OS/c1-16-12-3-2-9(4-11(12)13)5-14-6-10-7-17-8-15-10/h2-4,7-8,14H,5-6H2,1H3. The molecule has 0 amide bonds. The maximum atomic E-state index is 6.04. The second-order valence-corrected chi connectivity index (χ2v) is 4.68. The van der Waals surface area contributed by atoms with Crippen LogP contribution in [0.3, 0.4) is 0 Å².